The first kappa shape index (κ1) is 25.4. The summed E-state index contributed by atoms with van der Waals surface area (Å²) in [7, 11) is 1.93. The molecule has 2 amide bonds. The first-order valence-electron chi connectivity index (χ1n) is 12.5. The van der Waals surface area contributed by atoms with Crippen molar-refractivity contribution in [2.24, 2.45) is 0 Å². The van der Waals surface area contributed by atoms with Crippen molar-refractivity contribution in [3.8, 4) is 5.75 Å². The molecule has 1 unspecified atom stereocenters. The Bertz CT molecular complexity index is 1140. The molecule has 37 heavy (non-hydrogen) atoms. The highest BCUT2D eigenvalue weighted by Gasteiger charge is 2.57. The Labute approximate surface area is 213 Å². The lowest BCUT2D eigenvalue weighted by atomic mass is 9.86. The Hall–Kier alpha value is -3.27. The molecular weight excluding hydrogens is 487 g/mol. The van der Waals surface area contributed by atoms with E-state index in [4.69, 9.17) is 0 Å². The predicted molar refractivity (Wildman–Crippen MR) is 129 cm³/mol. The lowest BCUT2D eigenvalue weighted by Crippen LogP contribution is -2.56. The van der Waals surface area contributed by atoms with Crippen LogP contribution in [0.4, 0.5) is 18.0 Å². The van der Waals surface area contributed by atoms with Crippen LogP contribution < -0.4 is 4.74 Å². The van der Waals surface area contributed by atoms with Crippen LogP contribution in [-0.4, -0.2) is 70.4 Å². The van der Waals surface area contributed by atoms with Gasteiger partial charge in [-0.2, -0.15) is 0 Å². The molecule has 2 saturated heterocycles. The highest BCUT2D eigenvalue weighted by Crippen LogP contribution is 2.46. The lowest BCUT2D eigenvalue weighted by molar-refractivity contribution is -0.274. The molecule has 1 N–H and O–H groups in total. The van der Waals surface area contributed by atoms with E-state index in [2.05, 4.69) is 33.9 Å². The molecule has 3 fully saturated rings. The van der Waals surface area contributed by atoms with Crippen LogP contribution in [0.2, 0.25) is 0 Å². The Morgan fingerprint density at radius 2 is 1.62 bits per heavy atom. The molecule has 2 aliphatic heterocycles. The highest BCUT2D eigenvalue weighted by atomic mass is 19.4. The van der Waals surface area contributed by atoms with Crippen LogP contribution >= 0.6 is 0 Å². The number of hydrogen-bond acceptors (Lipinski definition) is 4. The maximum Gasteiger partial charge on any atom is 0.573 e. The van der Waals surface area contributed by atoms with E-state index in [0.717, 1.165) is 11.1 Å². The summed E-state index contributed by atoms with van der Waals surface area (Å²) in [5.74, 6) is 0.295. The number of likely N-dealkylation sites (N-methyl/N-ethyl adjacent to an activating group) is 1. The van der Waals surface area contributed by atoms with Gasteiger partial charge in [-0.25, -0.2) is 4.79 Å². The number of carbonyl (C=O) groups excluding carboxylic acids is 1. The fourth-order valence-electron chi connectivity index (χ4n) is 5.70. The summed E-state index contributed by atoms with van der Waals surface area (Å²) >= 11 is 0. The number of hydrogen-bond donors (Lipinski definition) is 1. The van der Waals surface area contributed by atoms with Gasteiger partial charge in [0.1, 0.15) is 17.5 Å². The number of amides is 2. The number of piperidine rings is 1. The van der Waals surface area contributed by atoms with E-state index in [0.29, 0.717) is 31.7 Å². The van der Waals surface area contributed by atoms with E-state index in [-0.39, 0.29) is 30.9 Å². The standard InChI is InChI=1S/C27H30F3N3O4/c1-31-23(21-8-6-20(7-9-21)19-4-5-19)33(24(34)26(31)13-16-32(17-14-26)25(35)36)15-12-18-2-10-22(11-3-18)37-27(28,29)30/h2-3,6-11,19,23H,4-5,12-17H2,1H3,(H,35,36). The van der Waals surface area contributed by atoms with E-state index < -0.39 is 18.0 Å². The first-order chi connectivity index (χ1) is 17.6. The van der Waals surface area contributed by atoms with Crippen molar-refractivity contribution >= 4 is 12.0 Å². The molecule has 0 bridgehead atoms. The lowest BCUT2D eigenvalue weighted by Gasteiger charge is -2.41. The molecule has 3 aliphatic rings. The molecule has 5 rings (SSSR count). The normalized spacial score (nSPS) is 22.1. The van der Waals surface area contributed by atoms with E-state index in [9.17, 15) is 27.9 Å². The van der Waals surface area contributed by atoms with Crippen LogP contribution in [0, 0.1) is 0 Å². The van der Waals surface area contributed by atoms with Crippen molar-refractivity contribution in [1.29, 1.82) is 0 Å². The summed E-state index contributed by atoms with van der Waals surface area (Å²) in [5, 5.41) is 9.40. The number of carboxylic acid groups (broad SMARTS) is 1. The molecule has 2 aromatic rings. The third-order valence-electron chi connectivity index (χ3n) is 7.94. The average molecular weight is 518 g/mol. The summed E-state index contributed by atoms with van der Waals surface area (Å²) < 4.78 is 41.4. The van der Waals surface area contributed by atoms with E-state index in [1.807, 2.05) is 11.9 Å². The first-order valence-corrected chi connectivity index (χ1v) is 12.5. The molecule has 198 valence electrons. The van der Waals surface area contributed by atoms with Crippen LogP contribution in [0.1, 0.15) is 54.5 Å². The fourth-order valence-corrected chi connectivity index (χ4v) is 5.70. The van der Waals surface area contributed by atoms with Gasteiger partial charge >= 0.3 is 12.5 Å². The number of likely N-dealkylation sites (tertiary alicyclic amines) is 1. The SMILES string of the molecule is CN1C(c2ccc(C3CC3)cc2)N(CCc2ccc(OC(F)(F)F)cc2)C(=O)C12CCN(C(=O)O)CC2. The molecule has 1 atom stereocenters. The summed E-state index contributed by atoms with van der Waals surface area (Å²) in [5.41, 5.74) is 2.28. The van der Waals surface area contributed by atoms with E-state index in [1.165, 1.54) is 35.4 Å². The Morgan fingerprint density at radius 3 is 2.16 bits per heavy atom. The van der Waals surface area contributed by atoms with Gasteiger partial charge in [0, 0.05) is 19.6 Å². The molecule has 1 saturated carbocycles. The monoisotopic (exact) mass is 517 g/mol. The van der Waals surface area contributed by atoms with Gasteiger partial charge in [0.2, 0.25) is 5.91 Å². The number of ether oxygens (including phenoxy) is 1. The minimum Gasteiger partial charge on any atom is -0.465 e. The van der Waals surface area contributed by atoms with Gasteiger partial charge in [-0.05, 0) is 73.9 Å². The highest BCUT2D eigenvalue weighted by molar-refractivity contribution is 5.89. The molecule has 0 radical (unpaired) electrons. The predicted octanol–water partition coefficient (Wildman–Crippen LogP) is 4.99. The Morgan fingerprint density at radius 1 is 1.03 bits per heavy atom. The fraction of sp³-hybridized carbons (Fsp3) is 0.481. The topological polar surface area (TPSA) is 73.3 Å². The molecule has 1 spiro atoms. The second-order valence-corrected chi connectivity index (χ2v) is 10.2. The van der Waals surface area contributed by atoms with Gasteiger partial charge in [0.05, 0.1) is 0 Å². The average Bonchev–Trinajstić information content (AvgIpc) is 3.69. The molecule has 2 aromatic carbocycles. The number of halogens is 3. The summed E-state index contributed by atoms with van der Waals surface area (Å²) in [6.45, 7) is 0.947. The number of rotatable bonds is 6. The van der Waals surface area contributed by atoms with Gasteiger partial charge in [0.15, 0.2) is 0 Å². The molecule has 1 aliphatic carbocycles. The minimum absolute atomic E-state index is 0.0340. The summed E-state index contributed by atoms with van der Waals surface area (Å²) in [6.07, 6.45) is -2.38. The van der Waals surface area contributed by atoms with Crippen LogP contribution in [0.5, 0.6) is 5.75 Å². The van der Waals surface area contributed by atoms with E-state index in [1.54, 1.807) is 12.1 Å². The zero-order valence-corrected chi connectivity index (χ0v) is 20.6. The van der Waals surface area contributed by atoms with Crippen molar-refractivity contribution in [1.82, 2.24) is 14.7 Å². The smallest absolute Gasteiger partial charge is 0.465 e. The number of carbonyl (C=O) groups is 2. The van der Waals surface area contributed by atoms with Crippen molar-refractivity contribution in [3.05, 3.63) is 65.2 Å². The number of nitrogens with zero attached hydrogens (tertiary/aromatic N) is 3. The molecular formula is C27H30F3N3O4. The third kappa shape index (κ3) is 5.12. The Kier molecular flexibility index (Phi) is 6.55. The van der Waals surface area contributed by atoms with Crippen LogP contribution in [0.25, 0.3) is 0 Å². The maximum atomic E-state index is 13.9. The zero-order chi connectivity index (χ0) is 26.4. The zero-order valence-electron chi connectivity index (χ0n) is 20.6. The molecule has 2 heterocycles. The Balaban J connectivity index is 1.37. The van der Waals surface area contributed by atoms with Crippen LogP contribution in [0.15, 0.2) is 48.5 Å². The van der Waals surface area contributed by atoms with Crippen molar-refractivity contribution in [3.63, 3.8) is 0 Å². The van der Waals surface area contributed by atoms with Crippen molar-refractivity contribution < 1.29 is 32.6 Å². The number of benzene rings is 2. The minimum atomic E-state index is -4.75. The largest absolute Gasteiger partial charge is 0.573 e. The second-order valence-electron chi connectivity index (χ2n) is 10.2. The third-order valence-corrected chi connectivity index (χ3v) is 7.94. The van der Waals surface area contributed by atoms with Gasteiger partial charge in [-0.15, -0.1) is 13.2 Å². The van der Waals surface area contributed by atoms with Crippen molar-refractivity contribution in [2.45, 2.75) is 56.1 Å². The van der Waals surface area contributed by atoms with Gasteiger partial charge < -0.3 is 19.6 Å². The van der Waals surface area contributed by atoms with Crippen LogP contribution in [0.3, 0.4) is 0 Å². The summed E-state index contributed by atoms with van der Waals surface area (Å²) in [4.78, 5) is 30.7. The van der Waals surface area contributed by atoms with Gasteiger partial charge in [-0.3, -0.25) is 9.69 Å². The molecule has 7 nitrogen and oxygen atoms in total. The van der Waals surface area contributed by atoms with Gasteiger partial charge in [0.25, 0.3) is 0 Å². The second kappa shape index (κ2) is 9.55. The summed E-state index contributed by atoms with van der Waals surface area (Å²) in [6, 6.07) is 14.1. The quantitative estimate of drug-likeness (QED) is 0.585. The molecule has 0 aromatic heterocycles. The van der Waals surface area contributed by atoms with Crippen molar-refractivity contribution in [2.75, 3.05) is 26.7 Å². The van der Waals surface area contributed by atoms with Crippen LogP contribution in [-0.2, 0) is 11.2 Å². The van der Waals surface area contributed by atoms with Gasteiger partial charge in [-0.1, -0.05) is 36.4 Å². The maximum absolute atomic E-state index is 13.9. The van der Waals surface area contributed by atoms with E-state index >= 15 is 0 Å². The number of alkyl halides is 3. The molecule has 10 heteroatoms.